The Morgan fingerprint density at radius 1 is 1.24 bits per heavy atom. The number of fused-ring (bicyclic) bond motifs is 1. The normalized spacial score (nSPS) is 14.3. The van der Waals surface area contributed by atoms with Crippen LogP contribution in [-0.4, -0.2) is 48.5 Å². The maximum atomic E-state index is 5.96. The van der Waals surface area contributed by atoms with Gasteiger partial charge in [-0.1, -0.05) is 54.2 Å². The fourth-order valence-electron chi connectivity index (χ4n) is 3.03. The van der Waals surface area contributed by atoms with Crippen LogP contribution in [0, 0.1) is 5.92 Å². The lowest BCUT2D eigenvalue weighted by atomic mass is 9.99. The zero-order valence-electron chi connectivity index (χ0n) is 16.4. The minimum absolute atomic E-state index is 0.381. The summed E-state index contributed by atoms with van der Waals surface area (Å²) in [5.41, 5.74) is 8.04. The molecule has 0 spiro atoms. The van der Waals surface area contributed by atoms with Gasteiger partial charge in [0.2, 0.25) is 0 Å². The zero-order chi connectivity index (χ0) is 20.3. The first kappa shape index (κ1) is 21.1. The van der Waals surface area contributed by atoms with E-state index in [0.717, 1.165) is 34.3 Å². The van der Waals surface area contributed by atoms with Crippen LogP contribution >= 0.6 is 11.8 Å². The van der Waals surface area contributed by atoms with Gasteiger partial charge in [-0.15, -0.1) is 5.10 Å². The van der Waals surface area contributed by atoms with Crippen molar-refractivity contribution in [2.45, 2.75) is 6.42 Å². The van der Waals surface area contributed by atoms with Gasteiger partial charge < -0.3 is 11.1 Å². The van der Waals surface area contributed by atoms with Gasteiger partial charge in [-0.25, -0.2) is 4.98 Å². The number of hydrogen-bond donors (Lipinski definition) is 2. The van der Waals surface area contributed by atoms with Crippen LogP contribution in [0.15, 0.2) is 57.7 Å². The summed E-state index contributed by atoms with van der Waals surface area (Å²) in [5, 5.41) is 14.1. The summed E-state index contributed by atoms with van der Waals surface area (Å²) in [6.45, 7) is 5.64. The highest BCUT2D eigenvalue weighted by molar-refractivity contribution is 8.14. The molecule has 150 valence electrons. The van der Waals surface area contributed by atoms with Gasteiger partial charge in [0.25, 0.3) is 0 Å². The van der Waals surface area contributed by atoms with Crippen molar-refractivity contribution in [1.82, 2.24) is 10.3 Å². The van der Waals surface area contributed by atoms with Crippen molar-refractivity contribution in [2.75, 3.05) is 25.5 Å². The van der Waals surface area contributed by atoms with E-state index in [1.54, 1.807) is 18.0 Å². The van der Waals surface area contributed by atoms with E-state index in [9.17, 15) is 0 Å². The van der Waals surface area contributed by atoms with Crippen molar-refractivity contribution >= 4 is 41.9 Å². The average Bonchev–Trinajstić information content (AvgIpc) is 3.00. The standard InChI is InChI=1S/C22H26N6S/c1-24-28-22(21-8-7-19-9-11-25-12-10-20(19)27-21)29-16-26-15-18(14-23)13-17-5-3-2-4-6-17/h2-10,12,18,26H,1,11,13-16,23H2/b28-22-/t18-/m0/s1. The van der Waals surface area contributed by atoms with Crippen LogP contribution in [0.4, 0.5) is 0 Å². The molecule has 0 amide bonds. The van der Waals surface area contributed by atoms with Crippen molar-refractivity contribution in [1.29, 1.82) is 0 Å². The van der Waals surface area contributed by atoms with E-state index in [4.69, 9.17) is 10.7 Å². The molecule has 1 aromatic heterocycles. The Morgan fingerprint density at radius 3 is 2.90 bits per heavy atom. The quantitative estimate of drug-likeness (QED) is 0.215. The second kappa shape index (κ2) is 11.4. The van der Waals surface area contributed by atoms with E-state index in [-0.39, 0.29) is 0 Å². The molecule has 29 heavy (non-hydrogen) atoms. The Hall–Kier alpha value is -2.61. The summed E-state index contributed by atoms with van der Waals surface area (Å²) in [4.78, 5) is 8.96. The van der Waals surface area contributed by atoms with Crippen molar-refractivity contribution in [3.05, 3.63) is 64.3 Å². The van der Waals surface area contributed by atoms with Crippen LogP contribution in [0.2, 0.25) is 0 Å². The van der Waals surface area contributed by atoms with Crippen molar-refractivity contribution < 1.29 is 0 Å². The Bertz CT molecular complexity index is 984. The molecule has 1 aliphatic heterocycles. The minimum atomic E-state index is 0.381. The monoisotopic (exact) mass is 406 g/mol. The lowest BCUT2D eigenvalue weighted by molar-refractivity contribution is 0.503. The van der Waals surface area contributed by atoms with Crippen molar-refractivity contribution in [3.8, 4) is 0 Å². The van der Waals surface area contributed by atoms with Crippen LogP contribution in [-0.2, 0) is 6.42 Å². The first-order valence-electron chi connectivity index (χ1n) is 9.59. The maximum Gasteiger partial charge on any atom is 0.146 e. The number of rotatable bonds is 9. The average molecular weight is 407 g/mol. The maximum absolute atomic E-state index is 5.96. The zero-order valence-corrected chi connectivity index (χ0v) is 17.2. The molecule has 1 atom stereocenters. The summed E-state index contributed by atoms with van der Waals surface area (Å²) in [6.07, 6.45) is 6.73. The van der Waals surface area contributed by atoms with Crippen LogP contribution in [0.3, 0.4) is 0 Å². The number of thioether (sulfide) groups is 1. The third kappa shape index (κ3) is 6.45. The van der Waals surface area contributed by atoms with Gasteiger partial charge in [-0.05, 0) is 41.8 Å². The van der Waals surface area contributed by atoms with Gasteiger partial charge in [0.05, 0.1) is 17.6 Å². The lowest BCUT2D eigenvalue weighted by Crippen LogP contribution is -2.31. The number of nitrogens with one attached hydrogen (secondary N) is 1. The molecule has 6 nitrogen and oxygen atoms in total. The molecule has 7 heteroatoms. The summed E-state index contributed by atoms with van der Waals surface area (Å²) >= 11 is 1.56. The first-order valence-corrected chi connectivity index (χ1v) is 10.6. The molecule has 2 heterocycles. The number of aromatic nitrogens is 1. The summed E-state index contributed by atoms with van der Waals surface area (Å²) in [6, 6.07) is 14.4. The predicted molar refractivity (Wildman–Crippen MR) is 125 cm³/mol. The lowest BCUT2D eigenvalue weighted by Gasteiger charge is -2.15. The van der Waals surface area contributed by atoms with E-state index in [2.05, 4.69) is 57.6 Å². The SMILES string of the molecule is C=N/N=C(\SCNC[C@H](CN)Cc1ccccc1)c1ccc2c(n1)=CC=NCC=2. The smallest absolute Gasteiger partial charge is 0.146 e. The molecule has 0 saturated heterocycles. The van der Waals surface area contributed by atoms with Crippen LogP contribution in [0.1, 0.15) is 11.3 Å². The van der Waals surface area contributed by atoms with E-state index >= 15 is 0 Å². The third-order valence-electron chi connectivity index (χ3n) is 4.54. The molecule has 0 bridgehead atoms. The molecule has 0 fully saturated rings. The molecular formula is C22H26N6S. The summed E-state index contributed by atoms with van der Waals surface area (Å²) in [5.74, 6) is 1.07. The highest BCUT2D eigenvalue weighted by Gasteiger charge is 2.10. The van der Waals surface area contributed by atoms with Gasteiger partial charge in [0.15, 0.2) is 0 Å². The summed E-state index contributed by atoms with van der Waals surface area (Å²) < 4.78 is 0. The van der Waals surface area contributed by atoms with E-state index < -0.39 is 0 Å². The second-order valence-corrected chi connectivity index (χ2v) is 7.60. The third-order valence-corrected chi connectivity index (χ3v) is 5.45. The second-order valence-electron chi connectivity index (χ2n) is 6.64. The summed E-state index contributed by atoms with van der Waals surface area (Å²) in [7, 11) is 0. The van der Waals surface area contributed by atoms with Crippen LogP contribution < -0.4 is 21.6 Å². The predicted octanol–water partition coefficient (Wildman–Crippen LogP) is 1.19. The van der Waals surface area contributed by atoms with Gasteiger partial charge in [-0.2, -0.15) is 5.10 Å². The van der Waals surface area contributed by atoms with Crippen LogP contribution in [0.5, 0.6) is 0 Å². The van der Waals surface area contributed by atoms with Gasteiger partial charge >= 0.3 is 0 Å². The van der Waals surface area contributed by atoms with Gasteiger partial charge in [0.1, 0.15) is 5.04 Å². The molecule has 1 aliphatic rings. The van der Waals surface area contributed by atoms with Gasteiger partial charge in [0, 0.05) is 25.4 Å². The Labute approximate surface area is 175 Å². The number of hydrogen-bond acceptors (Lipinski definition) is 7. The Balaban J connectivity index is 1.58. The first-order chi connectivity index (χ1) is 14.3. The molecular weight excluding hydrogens is 380 g/mol. The molecule has 1 aromatic carbocycles. The number of pyridine rings is 1. The van der Waals surface area contributed by atoms with Gasteiger partial charge in [-0.3, -0.25) is 4.99 Å². The Kier molecular flexibility index (Phi) is 8.30. The highest BCUT2D eigenvalue weighted by atomic mass is 32.2. The number of nitrogens with two attached hydrogens (primary N) is 1. The fourth-order valence-corrected chi connectivity index (χ4v) is 3.77. The largest absolute Gasteiger partial charge is 0.330 e. The fraction of sp³-hybridized carbons (Fsp3) is 0.273. The molecule has 2 aromatic rings. The van der Waals surface area contributed by atoms with E-state index in [1.807, 2.05) is 24.3 Å². The van der Waals surface area contributed by atoms with E-state index in [0.29, 0.717) is 24.9 Å². The molecule has 0 radical (unpaired) electrons. The topological polar surface area (TPSA) is 88.0 Å². The molecule has 0 unspecified atom stereocenters. The van der Waals surface area contributed by atoms with Crippen molar-refractivity contribution in [2.24, 2.45) is 26.8 Å². The minimum Gasteiger partial charge on any atom is -0.330 e. The van der Waals surface area contributed by atoms with Crippen LogP contribution in [0.25, 0.3) is 12.2 Å². The van der Waals surface area contributed by atoms with Crippen molar-refractivity contribution in [3.63, 3.8) is 0 Å². The number of nitrogens with zero attached hydrogens (tertiary/aromatic N) is 4. The molecule has 3 rings (SSSR count). The van der Waals surface area contributed by atoms with E-state index in [1.165, 1.54) is 5.56 Å². The number of aliphatic imine (C=N–C) groups is 1. The Morgan fingerprint density at radius 2 is 2.10 bits per heavy atom. The molecule has 0 aliphatic carbocycles. The molecule has 3 N–H and O–H groups in total. The molecule has 0 saturated carbocycles. The number of benzene rings is 1. The highest BCUT2D eigenvalue weighted by Crippen LogP contribution is 2.11.